The molecule has 29 heavy (non-hydrogen) atoms. The van der Waals surface area contributed by atoms with Gasteiger partial charge in [-0.15, -0.1) is 0 Å². The van der Waals surface area contributed by atoms with Gasteiger partial charge < -0.3 is 5.11 Å². The standard InChI is InChI=1S/C27H45NO/c1-16-5-8-23-17(2)25-24(28(23)15-16)14-22-20-7-6-18-13-19(29)9-11-26(18,3)21(20)10-12-27(22,25)4/h16-25,29H,5-15H2,1-4H3/t16-,17+,18-,19-,20-,21+,22-,23+,24-,25-,26-,27-/m0/s1. The lowest BCUT2D eigenvalue weighted by Gasteiger charge is -2.61. The fraction of sp³-hybridized carbons (Fsp3) is 1.00. The van der Waals surface area contributed by atoms with E-state index in [2.05, 4.69) is 32.6 Å². The maximum atomic E-state index is 10.3. The summed E-state index contributed by atoms with van der Waals surface area (Å²) in [6.07, 6.45) is 13.7. The molecule has 0 radical (unpaired) electrons. The minimum Gasteiger partial charge on any atom is -0.393 e. The first-order valence-corrected chi connectivity index (χ1v) is 13.3. The normalized spacial score (nSPS) is 62.0. The highest BCUT2D eigenvalue weighted by molar-refractivity contribution is 5.17. The molecule has 6 aliphatic rings. The van der Waals surface area contributed by atoms with Crippen LogP contribution >= 0.6 is 0 Å². The molecule has 0 amide bonds. The van der Waals surface area contributed by atoms with Gasteiger partial charge in [-0.2, -0.15) is 0 Å². The molecule has 0 aromatic rings. The zero-order valence-electron chi connectivity index (χ0n) is 19.4. The van der Waals surface area contributed by atoms with Gasteiger partial charge in [0.15, 0.2) is 0 Å². The van der Waals surface area contributed by atoms with Crippen molar-refractivity contribution in [2.24, 2.45) is 52.3 Å². The van der Waals surface area contributed by atoms with Crippen molar-refractivity contribution in [1.29, 1.82) is 0 Å². The Morgan fingerprint density at radius 1 is 0.793 bits per heavy atom. The van der Waals surface area contributed by atoms with E-state index in [4.69, 9.17) is 0 Å². The van der Waals surface area contributed by atoms with Crippen LogP contribution in [0.4, 0.5) is 0 Å². The van der Waals surface area contributed by atoms with Gasteiger partial charge in [0.2, 0.25) is 0 Å². The Bertz CT molecular complexity index is 663. The minimum absolute atomic E-state index is 0.0109. The monoisotopic (exact) mass is 399 g/mol. The summed E-state index contributed by atoms with van der Waals surface area (Å²) in [5.74, 6) is 6.47. The lowest BCUT2D eigenvalue weighted by atomic mass is 9.44. The van der Waals surface area contributed by atoms with Crippen molar-refractivity contribution in [3.05, 3.63) is 0 Å². The second-order valence-corrected chi connectivity index (χ2v) is 13.3. The molecule has 0 bridgehead atoms. The van der Waals surface area contributed by atoms with Gasteiger partial charge in [-0.25, -0.2) is 0 Å². The average molecular weight is 400 g/mol. The highest BCUT2D eigenvalue weighted by atomic mass is 16.3. The van der Waals surface area contributed by atoms with Crippen molar-refractivity contribution in [3.63, 3.8) is 0 Å². The highest BCUT2D eigenvalue weighted by Gasteiger charge is 2.66. The molecule has 2 heterocycles. The van der Waals surface area contributed by atoms with Crippen molar-refractivity contribution in [2.45, 2.75) is 110 Å². The molecule has 2 nitrogen and oxygen atoms in total. The SMILES string of the molecule is C[C@H]1CC[C@@H]2[C@@H](C)[C@H]3[C@H](C[C@H]4[C@H]5CC[C@H]6C[C@@H](O)CC[C@]6(C)[C@@H]5CC[C@]34C)N2C1. The molecular weight excluding hydrogens is 354 g/mol. The van der Waals surface area contributed by atoms with Crippen LogP contribution in [0.1, 0.15) is 91.9 Å². The number of aliphatic hydroxyl groups is 1. The topological polar surface area (TPSA) is 23.5 Å². The molecule has 2 heteroatoms. The molecule has 0 aromatic carbocycles. The van der Waals surface area contributed by atoms with E-state index in [-0.39, 0.29) is 6.10 Å². The van der Waals surface area contributed by atoms with Gasteiger partial charge in [-0.1, -0.05) is 27.7 Å². The molecule has 0 unspecified atom stereocenters. The van der Waals surface area contributed by atoms with Crippen LogP contribution in [0.25, 0.3) is 0 Å². The van der Waals surface area contributed by atoms with Gasteiger partial charge in [-0.05, 0) is 116 Å². The fourth-order valence-electron chi connectivity index (χ4n) is 11.0. The van der Waals surface area contributed by atoms with Crippen LogP contribution in [-0.2, 0) is 0 Å². The fourth-order valence-corrected chi connectivity index (χ4v) is 11.0. The van der Waals surface area contributed by atoms with Crippen LogP contribution in [0, 0.1) is 52.3 Å². The van der Waals surface area contributed by atoms with Crippen molar-refractivity contribution < 1.29 is 5.11 Å². The Morgan fingerprint density at radius 3 is 2.41 bits per heavy atom. The minimum atomic E-state index is -0.0109. The van der Waals surface area contributed by atoms with Crippen LogP contribution in [0.2, 0.25) is 0 Å². The molecule has 164 valence electrons. The van der Waals surface area contributed by atoms with Gasteiger partial charge >= 0.3 is 0 Å². The predicted molar refractivity (Wildman–Crippen MR) is 118 cm³/mol. The van der Waals surface area contributed by atoms with E-state index in [9.17, 15) is 5.11 Å². The number of rotatable bonds is 0. The number of hydrogen-bond acceptors (Lipinski definition) is 2. The molecule has 4 aliphatic carbocycles. The van der Waals surface area contributed by atoms with Crippen LogP contribution in [-0.4, -0.2) is 34.7 Å². The maximum Gasteiger partial charge on any atom is 0.0543 e. The second-order valence-electron chi connectivity index (χ2n) is 13.3. The molecule has 0 aromatic heterocycles. The summed E-state index contributed by atoms with van der Waals surface area (Å²) in [5.41, 5.74) is 1.12. The van der Waals surface area contributed by atoms with Crippen molar-refractivity contribution >= 4 is 0 Å². The molecule has 6 rings (SSSR count). The molecule has 2 saturated heterocycles. The van der Waals surface area contributed by atoms with Crippen molar-refractivity contribution in [2.75, 3.05) is 6.54 Å². The van der Waals surface area contributed by atoms with Crippen LogP contribution < -0.4 is 0 Å². The van der Waals surface area contributed by atoms with E-state index in [1.54, 1.807) is 0 Å². The number of fused-ring (bicyclic) bond motifs is 9. The molecular formula is C27H45NO. The summed E-state index contributed by atoms with van der Waals surface area (Å²) in [5, 5.41) is 10.3. The third-order valence-electron chi connectivity index (χ3n) is 12.3. The van der Waals surface area contributed by atoms with Crippen LogP contribution in [0.5, 0.6) is 0 Å². The molecule has 1 N–H and O–H groups in total. The maximum absolute atomic E-state index is 10.3. The predicted octanol–water partition coefficient (Wildman–Crippen LogP) is 5.73. The Hall–Kier alpha value is -0.0800. The lowest BCUT2D eigenvalue weighted by Crippen LogP contribution is -2.54. The summed E-state index contributed by atoms with van der Waals surface area (Å²) in [4.78, 5) is 3.03. The van der Waals surface area contributed by atoms with Crippen LogP contribution in [0.15, 0.2) is 0 Å². The number of hydrogen-bond donors (Lipinski definition) is 1. The second kappa shape index (κ2) is 6.47. The van der Waals surface area contributed by atoms with Gasteiger partial charge in [0.25, 0.3) is 0 Å². The van der Waals surface area contributed by atoms with E-state index < -0.39 is 0 Å². The van der Waals surface area contributed by atoms with Gasteiger partial charge in [0, 0.05) is 18.6 Å². The molecule has 0 spiro atoms. The quantitative estimate of drug-likeness (QED) is 0.562. The van der Waals surface area contributed by atoms with E-state index in [1.165, 1.54) is 57.9 Å². The molecule has 12 atom stereocenters. The smallest absolute Gasteiger partial charge is 0.0543 e. The third-order valence-corrected chi connectivity index (χ3v) is 12.3. The average Bonchev–Trinajstić information content (AvgIpc) is 3.15. The molecule has 4 saturated carbocycles. The first-order valence-electron chi connectivity index (χ1n) is 13.3. The van der Waals surface area contributed by atoms with Crippen molar-refractivity contribution in [3.8, 4) is 0 Å². The Morgan fingerprint density at radius 2 is 1.59 bits per heavy atom. The zero-order valence-corrected chi connectivity index (χ0v) is 19.4. The van der Waals surface area contributed by atoms with Gasteiger partial charge in [-0.3, -0.25) is 4.90 Å². The molecule has 6 fully saturated rings. The van der Waals surface area contributed by atoms with Crippen molar-refractivity contribution in [1.82, 2.24) is 4.90 Å². The van der Waals surface area contributed by atoms with Crippen LogP contribution in [0.3, 0.4) is 0 Å². The number of nitrogens with zero attached hydrogens (tertiary/aromatic N) is 1. The summed E-state index contributed by atoms with van der Waals surface area (Å²) < 4.78 is 0. The zero-order chi connectivity index (χ0) is 20.1. The summed E-state index contributed by atoms with van der Waals surface area (Å²) >= 11 is 0. The van der Waals surface area contributed by atoms with E-state index in [0.717, 1.165) is 66.4 Å². The van der Waals surface area contributed by atoms with E-state index >= 15 is 0 Å². The Labute approximate surface area is 179 Å². The largest absolute Gasteiger partial charge is 0.393 e. The summed E-state index contributed by atoms with van der Waals surface area (Å²) in [6.45, 7) is 11.9. The van der Waals surface area contributed by atoms with E-state index in [1.807, 2.05) is 0 Å². The molecule has 2 aliphatic heterocycles. The van der Waals surface area contributed by atoms with E-state index in [0.29, 0.717) is 10.8 Å². The Balaban J connectivity index is 1.30. The number of aliphatic hydroxyl groups excluding tert-OH is 1. The summed E-state index contributed by atoms with van der Waals surface area (Å²) in [7, 11) is 0. The Kier molecular flexibility index (Phi) is 4.37. The van der Waals surface area contributed by atoms with Gasteiger partial charge in [0.05, 0.1) is 6.10 Å². The third kappa shape index (κ3) is 2.54. The lowest BCUT2D eigenvalue weighted by molar-refractivity contribution is -0.129. The van der Waals surface area contributed by atoms with Gasteiger partial charge in [0.1, 0.15) is 0 Å². The summed E-state index contributed by atoms with van der Waals surface area (Å²) in [6, 6.07) is 1.79. The first kappa shape index (κ1) is 19.6. The first-order chi connectivity index (χ1) is 13.8. The number of piperidine rings is 1. The highest BCUT2D eigenvalue weighted by Crippen LogP contribution is 2.70.